The molecular formula is C15H20N2O2S. The van der Waals surface area contributed by atoms with Crippen molar-refractivity contribution in [3.63, 3.8) is 0 Å². The van der Waals surface area contributed by atoms with Gasteiger partial charge in [0.15, 0.2) is 0 Å². The van der Waals surface area contributed by atoms with E-state index in [9.17, 15) is 4.79 Å². The highest BCUT2D eigenvalue weighted by atomic mass is 32.2. The Morgan fingerprint density at radius 3 is 2.85 bits per heavy atom. The number of hydrogen-bond donors (Lipinski definition) is 1. The number of carbonyl (C=O) groups excluding carboxylic acids is 1. The summed E-state index contributed by atoms with van der Waals surface area (Å²) in [6, 6.07) is 10.1. The highest BCUT2D eigenvalue weighted by Crippen LogP contribution is 2.26. The molecular weight excluding hydrogens is 272 g/mol. The molecule has 0 bridgehead atoms. The van der Waals surface area contributed by atoms with Gasteiger partial charge in [-0.3, -0.25) is 10.1 Å². The van der Waals surface area contributed by atoms with Crippen molar-refractivity contribution in [2.24, 2.45) is 0 Å². The number of morpholine rings is 1. The summed E-state index contributed by atoms with van der Waals surface area (Å²) in [5, 5.41) is 3.25. The minimum absolute atomic E-state index is 0.0158. The number of hydrogen-bond acceptors (Lipinski definition) is 4. The van der Waals surface area contributed by atoms with Gasteiger partial charge in [0.1, 0.15) is 6.10 Å². The maximum Gasteiger partial charge on any atom is 0.240 e. The Morgan fingerprint density at radius 1 is 1.35 bits per heavy atom. The van der Waals surface area contributed by atoms with Crippen LogP contribution >= 0.6 is 11.8 Å². The number of nitrogens with one attached hydrogen (secondary N) is 1. The van der Waals surface area contributed by atoms with Gasteiger partial charge < -0.3 is 9.64 Å². The molecule has 108 valence electrons. The van der Waals surface area contributed by atoms with E-state index in [4.69, 9.17) is 4.74 Å². The fourth-order valence-electron chi connectivity index (χ4n) is 2.76. The van der Waals surface area contributed by atoms with Gasteiger partial charge in [-0.05, 0) is 12.5 Å². The van der Waals surface area contributed by atoms with E-state index in [-0.39, 0.29) is 24.2 Å². The average Bonchev–Trinajstić information content (AvgIpc) is 3.01. The lowest BCUT2D eigenvalue weighted by Gasteiger charge is -2.38. The van der Waals surface area contributed by atoms with Crippen LogP contribution in [0.5, 0.6) is 0 Å². The van der Waals surface area contributed by atoms with Crippen LogP contribution in [0.4, 0.5) is 0 Å². The third kappa shape index (κ3) is 3.00. The van der Waals surface area contributed by atoms with Gasteiger partial charge in [0.2, 0.25) is 5.91 Å². The molecule has 1 aromatic carbocycles. The second-order valence-corrected chi connectivity index (χ2v) is 6.39. The molecule has 2 aliphatic heterocycles. The van der Waals surface area contributed by atoms with E-state index in [1.54, 1.807) is 11.8 Å². The van der Waals surface area contributed by atoms with Crippen LogP contribution in [0.15, 0.2) is 30.3 Å². The molecule has 2 heterocycles. The Morgan fingerprint density at radius 2 is 2.15 bits per heavy atom. The van der Waals surface area contributed by atoms with Gasteiger partial charge in [-0.1, -0.05) is 30.3 Å². The second-order valence-electron chi connectivity index (χ2n) is 5.36. The second kappa shape index (κ2) is 6.16. The highest BCUT2D eigenvalue weighted by molar-refractivity contribution is 7.99. The van der Waals surface area contributed by atoms with Gasteiger partial charge in [0.05, 0.1) is 18.7 Å². The van der Waals surface area contributed by atoms with Gasteiger partial charge >= 0.3 is 0 Å². The first kappa shape index (κ1) is 13.9. The molecule has 20 heavy (non-hydrogen) atoms. The molecule has 3 rings (SSSR count). The average molecular weight is 292 g/mol. The summed E-state index contributed by atoms with van der Waals surface area (Å²) in [5.74, 6) is 1.96. The van der Waals surface area contributed by atoms with Crippen LogP contribution in [0.2, 0.25) is 0 Å². The predicted molar refractivity (Wildman–Crippen MR) is 80.6 cm³/mol. The zero-order valence-electron chi connectivity index (χ0n) is 11.6. The Hall–Kier alpha value is -1.04. The standard InChI is InChI=1S/C15H20N2O2S/c1-11-7-17(15(18)13-9-20-10-16-13)8-14(19-11)12-5-3-2-4-6-12/h2-6,11,13-14,16H,7-10H2,1H3/t11-,13-,14+/m1/s1. The Balaban J connectivity index is 1.71. The van der Waals surface area contributed by atoms with E-state index < -0.39 is 0 Å². The molecule has 0 aromatic heterocycles. The van der Waals surface area contributed by atoms with Gasteiger partial charge in [0, 0.05) is 18.2 Å². The van der Waals surface area contributed by atoms with Crippen molar-refractivity contribution in [3.05, 3.63) is 35.9 Å². The van der Waals surface area contributed by atoms with Crippen molar-refractivity contribution in [1.29, 1.82) is 0 Å². The zero-order chi connectivity index (χ0) is 13.9. The third-order valence-electron chi connectivity index (χ3n) is 3.76. The van der Waals surface area contributed by atoms with Crippen molar-refractivity contribution in [1.82, 2.24) is 10.2 Å². The fraction of sp³-hybridized carbons (Fsp3) is 0.533. The summed E-state index contributed by atoms with van der Waals surface area (Å²) in [4.78, 5) is 14.5. The van der Waals surface area contributed by atoms with Crippen LogP contribution in [-0.4, -0.2) is 47.7 Å². The molecule has 0 radical (unpaired) electrons. The maximum absolute atomic E-state index is 12.5. The van der Waals surface area contributed by atoms with Crippen LogP contribution < -0.4 is 5.32 Å². The summed E-state index contributed by atoms with van der Waals surface area (Å²) in [5.41, 5.74) is 1.14. The number of rotatable bonds is 2. The molecule has 2 fully saturated rings. The molecule has 5 heteroatoms. The van der Waals surface area contributed by atoms with E-state index in [0.29, 0.717) is 13.1 Å². The van der Waals surface area contributed by atoms with E-state index in [2.05, 4.69) is 17.4 Å². The molecule has 4 nitrogen and oxygen atoms in total. The molecule has 2 aliphatic rings. The molecule has 3 atom stereocenters. The summed E-state index contributed by atoms with van der Waals surface area (Å²) in [6.45, 7) is 3.37. The minimum atomic E-state index is -0.0262. The maximum atomic E-state index is 12.5. The monoisotopic (exact) mass is 292 g/mol. The minimum Gasteiger partial charge on any atom is -0.367 e. The summed E-state index contributed by atoms with van der Waals surface area (Å²) in [7, 11) is 0. The summed E-state index contributed by atoms with van der Waals surface area (Å²) >= 11 is 1.78. The number of nitrogens with zero attached hydrogens (tertiary/aromatic N) is 1. The Labute approximate surface area is 123 Å². The van der Waals surface area contributed by atoms with Crippen LogP contribution in [-0.2, 0) is 9.53 Å². The van der Waals surface area contributed by atoms with Crippen LogP contribution in [0.3, 0.4) is 0 Å². The van der Waals surface area contributed by atoms with E-state index in [1.807, 2.05) is 30.0 Å². The van der Waals surface area contributed by atoms with Gasteiger partial charge in [-0.15, -0.1) is 11.8 Å². The lowest BCUT2D eigenvalue weighted by Crippen LogP contribution is -2.52. The molecule has 1 N–H and O–H groups in total. The normalized spacial score (nSPS) is 30.4. The molecule has 1 aromatic rings. The zero-order valence-corrected chi connectivity index (χ0v) is 12.4. The number of thioether (sulfide) groups is 1. The van der Waals surface area contributed by atoms with Crippen molar-refractivity contribution < 1.29 is 9.53 Å². The molecule has 0 aliphatic carbocycles. The van der Waals surface area contributed by atoms with Gasteiger partial charge in [0.25, 0.3) is 0 Å². The van der Waals surface area contributed by atoms with Crippen molar-refractivity contribution in [2.45, 2.75) is 25.2 Å². The predicted octanol–water partition coefficient (Wildman–Crippen LogP) is 1.64. The van der Waals surface area contributed by atoms with Crippen molar-refractivity contribution in [3.8, 4) is 0 Å². The van der Waals surface area contributed by atoms with Crippen LogP contribution in [0.1, 0.15) is 18.6 Å². The first-order valence-electron chi connectivity index (χ1n) is 7.04. The largest absolute Gasteiger partial charge is 0.367 e. The summed E-state index contributed by atoms with van der Waals surface area (Å²) in [6.07, 6.45) is 0.0601. The van der Waals surface area contributed by atoms with Gasteiger partial charge in [-0.2, -0.15) is 0 Å². The first-order chi connectivity index (χ1) is 9.74. The van der Waals surface area contributed by atoms with Crippen LogP contribution in [0.25, 0.3) is 0 Å². The fourth-order valence-corrected chi connectivity index (χ4v) is 3.69. The third-order valence-corrected chi connectivity index (χ3v) is 4.70. The summed E-state index contributed by atoms with van der Waals surface area (Å²) < 4.78 is 6.00. The molecule has 0 spiro atoms. The SMILES string of the molecule is C[C@@H]1CN(C(=O)[C@H]2CSCN2)C[C@@H](c2ccccc2)O1. The highest BCUT2D eigenvalue weighted by Gasteiger charge is 2.33. The van der Waals surface area contributed by atoms with Crippen LogP contribution in [0, 0.1) is 0 Å². The molecule has 2 saturated heterocycles. The number of ether oxygens (including phenoxy) is 1. The van der Waals surface area contributed by atoms with E-state index in [0.717, 1.165) is 17.2 Å². The quantitative estimate of drug-likeness (QED) is 0.900. The van der Waals surface area contributed by atoms with Crippen molar-refractivity contribution >= 4 is 17.7 Å². The smallest absolute Gasteiger partial charge is 0.240 e. The Bertz CT molecular complexity index is 462. The first-order valence-corrected chi connectivity index (χ1v) is 8.20. The van der Waals surface area contributed by atoms with E-state index in [1.165, 1.54) is 0 Å². The van der Waals surface area contributed by atoms with Crippen molar-refractivity contribution in [2.75, 3.05) is 24.7 Å². The molecule has 1 amide bonds. The van der Waals surface area contributed by atoms with Gasteiger partial charge in [-0.25, -0.2) is 0 Å². The lowest BCUT2D eigenvalue weighted by molar-refractivity contribution is -0.146. The number of amides is 1. The van der Waals surface area contributed by atoms with E-state index >= 15 is 0 Å². The molecule has 0 unspecified atom stereocenters. The Kier molecular flexibility index (Phi) is 4.29. The number of benzene rings is 1. The number of carbonyl (C=O) groups is 1. The lowest BCUT2D eigenvalue weighted by atomic mass is 10.1. The topological polar surface area (TPSA) is 41.6 Å². The molecule has 0 saturated carbocycles.